The first-order chi connectivity index (χ1) is 28.0. The van der Waals surface area contributed by atoms with Crippen LogP contribution in [0.2, 0.25) is 0 Å². The minimum atomic E-state index is -1.50. The van der Waals surface area contributed by atoms with Crippen LogP contribution < -0.4 is 29.6 Å². The van der Waals surface area contributed by atoms with Gasteiger partial charge in [-0.3, -0.25) is 9.59 Å². The number of carbonyl (C=O) groups is 2. The Labute approximate surface area is 334 Å². The second-order valence-electron chi connectivity index (χ2n) is 14.9. The molecule has 7 atom stereocenters. The van der Waals surface area contributed by atoms with Crippen LogP contribution in [0.25, 0.3) is 0 Å². The molecule has 0 amide bonds. The molecule has 1 fully saturated rings. The van der Waals surface area contributed by atoms with Crippen LogP contribution in [0.3, 0.4) is 0 Å². The number of rotatable bonds is 18. The van der Waals surface area contributed by atoms with Gasteiger partial charge < -0.3 is 68.9 Å². The lowest BCUT2D eigenvalue weighted by molar-refractivity contribution is -0.375. The number of carboxylic acids is 1. The first-order valence-electron chi connectivity index (χ1n) is 19.3. The predicted octanol–water partition coefficient (Wildman–Crippen LogP) is 3.05. The Bertz CT molecular complexity index is 1920. The van der Waals surface area contributed by atoms with E-state index in [1.807, 2.05) is 6.07 Å². The number of aromatic hydroxyl groups is 1. The number of nitrogens with two attached hydrogens (primary N) is 1. The van der Waals surface area contributed by atoms with Crippen molar-refractivity contribution in [3.8, 4) is 34.5 Å². The van der Waals surface area contributed by atoms with E-state index in [2.05, 4.69) is 13.8 Å². The average Bonchev–Trinajstić information content (AvgIpc) is 3.82. The number of carboxylic acid groups (broad SMARTS) is 1. The van der Waals surface area contributed by atoms with E-state index in [-0.39, 0.29) is 57.0 Å². The van der Waals surface area contributed by atoms with Gasteiger partial charge in [-0.1, -0.05) is 26.0 Å². The van der Waals surface area contributed by atoms with Crippen LogP contribution in [-0.4, -0.2) is 109 Å². The Morgan fingerprint density at radius 1 is 0.966 bits per heavy atom. The number of carbonyl (C=O) groups excluding carboxylic acids is 1. The van der Waals surface area contributed by atoms with Gasteiger partial charge >= 0.3 is 11.9 Å². The van der Waals surface area contributed by atoms with E-state index in [4.69, 9.17) is 58.5 Å². The molecule has 0 spiro atoms. The molecule has 17 nitrogen and oxygen atoms in total. The van der Waals surface area contributed by atoms with E-state index in [0.29, 0.717) is 48.2 Å². The number of phenolic OH excluding ortho intramolecular Hbond substituents is 1. The highest BCUT2D eigenvalue weighted by atomic mass is 17.2. The first kappa shape index (κ1) is 41.3. The molecule has 58 heavy (non-hydrogen) atoms. The molecule has 0 aliphatic carbocycles. The molecule has 0 aromatic heterocycles. The predicted molar refractivity (Wildman–Crippen MR) is 200 cm³/mol. The van der Waals surface area contributed by atoms with Crippen LogP contribution in [0.4, 0.5) is 0 Å². The van der Waals surface area contributed by atoms with Crippen molar-refractivity contribution in [1.82, 2.24) is 0 Å². The maximum absolute atomic E-state index is 12.1. The van der Waals surface area contributed by atoms with E-state index < -0.39 is 61.8 Å². The summed E-state index contributed by atoms with van der Waals surface area (Å²) in [7, 11) is 0. The summed E-state index contributed by atoms with van der Waals surface area (Å²) in [4.78, 5) is 35.1. The summed E-state index contributed by atoms with van der Waals surface area (Å²) < 4.78 is 48.0. The normalized spacial score (nSPS) is 24.0. The average molecular weight is 812 g/mol. The molecule has 0 bridgehead atoms. The minimum Gasteiger partial charge on any atom is -0.508 e. The fraction of sp³-hybridized carbons (Fsp3) is 0.512. The molecule has 0 unspecified atom stereocenters. The molecule has 4 aliphatic heterocycles. The van der Waals surface area contributed by atoms with Gasteiger partial charge in [-0.15, -0.1) is 0 Å². The molecule has 17 heteroatoms. The van der Waals surface area contributed by atoms with Gasteiger partial charge in [0.05, 0.1) is 19.1 Å². The van der Waals surface area contributed by atoms with Crippen molar-refractivity contribution in [2.75, 3.05) is 46.4 Å². The quantitative estimate of drug-likeness (QED) is 0.0408. The molecule has 4 aliphatic rings. The summed E-state index contributed by atoms with van der Waals surface area (Å²) in [6.07, 6.45) is -6.49. The summed E-state index contributed by atoms with van der Waals surface area (Å²) in [5.74, 6) is 0.800. The zero-order valence-electron chi connectivity index (χ0n) is 32.2. The smallest absolute Gasteiger partial charge is 0.317 e. The lowest BCUT2D eigenvalue weighted by Gasteiger charge is -2.42. The van der Waals surface area contributed by atoms with Crippen molar-refractivity contribution in [3.05, 3.63) is 70.3 Å². The molecule has 4 heterocycles. The SMILES string of the molecule is CC(C)Cc1c2c(cc3c1O[C@@H]1c4cc(OO[C@@H]5[C@H](OCCN)O[C@H](COC(=O)CC(=O)O)[C@@H](OCCCO)[C@@H]5O)cc(Cc5ccc(O)cc5)c4OC[C@@H]31)OCO2. The number of hydrogen-bond acceptors (Lipinski definition) is 16. The highest BCUT2D eigenvalue weighted by Gasteiger charge is 2.50. The molecule has 3 aromatic carbocycles. The zero-order valence-corrected chi connectivity index (χ0v) is 32.2. The monoisotopic (exact) mass is 811 g/mol. The van der Waals surface area contributed by atoms with Crippen molar-refractivity contribution < 1.29 is 77.7 Å². The lowest BCUT2D eigenvalue weighted by atomic mass is 9.86. The number of benzene rings is 3. The maximum Gasteiger partial charge on any atom is 0.317 e. The van der Waals surface area contributed by atoms with Crippen molar-refractivity contribution >= 4 is 11.9 Å². The number of ether oxygens (including phenoxy) is 8. The third-order valence-electron chi connectivity index (χ3n) is 10.2. The largest absolute Gasteiger partial charge is 0.508 e. The Morgan fingerprint density at radius 3 is 2.52 bits per heavy atom. The van der Waals surface area contributed by atoms with Gasteiger partial charge in [-0.25, -0.2) is 0 Å². The van der Waals surface area contributed by atoms with Gasteiger partial charge in [0.25, 0.3) is 0 Å². The third kappa shape index (κ3) is 9.05. The van der Waals surface area contributed by atoms with E-state index in [9.17, 15) is 24.9 Å². The number of hydrogen-bond donors (Lipinski definition) is 5. The third-order valence-corrected chi connectivity index (χ3v) is 10.2. The molecule has 1 saturated heterocycles. The van der Waals surface area contributed by atoms with Crippen LogP contribution in [0, 0.1) is 5.92 Å². The van der Waals surface area contributed by atoms with E-state index >= 15 is 0 Å². The lowest BCUT2D eigenvalue weighted by Crippen LogP contribution is -2.61. The van der Waals surface area contributed by atoms with Gasteiger partial charge in [-0.2, -0.15) is 4.89 Å². The highest BCUT2D eigenvalue weighted by molar-refractivity contribution is 5.90. The van der Waals surface area contributed by atoms with Gasteiger partial charge in [0.2, 0.25) is 6.79 Å². The Hall–Kier alpha value is -4.88. The standard InChI is InChI=1S/C41H49NO16/c1-21(2)12-27-36-26(16-30-38(27)54-20-53-30)29-18-52-35-23(13-22-4-6-24(44)7-5-22)14-25(15-28(35)37(29)56-36)57-58-40-34(48)39(49-10-3-9-43)31(55-41(40)50-11-8-42)19-51-33(47)17-32(45)46/h4-7,14-16,21,29,31,34,37,39-41,43-44,48H,3,8-13,17-20,42H2,1-2H3,(H,45,46)/t29-,31+,34-,37+,39+,40-,41+/m0/s1. The zero-order chi connectivity index (χ0) is 40.9. The molecule has 0 radical (unpaired) electrons. The van der Waals surface area contributed by atoms with Crippen LogP contribution in [-0.2, 0) is 46.3 Å². The van der Waals surface area contributed by atoms with Crippen LogP contribution >= 0.6 is 0 Å². The summed E-state index contributed by atoms with van der Waals surface area (Å²) in [6, 6.07) is 12.3. The van der Waals surface area contributed by atoms with Crippen molar-refractivity contribution in [2.24, 2.45) is 11.7 Å². The highest BCUT2D eigenvalue weighted by Crippen LogP contribution is 2.58. The van der Waals surface area contributed by atoms with Crippen molar-refractivity contribution in [3.63, 3.8) is 0 Å². The number of aliphatic hydroxyl groups excluding tert-OH is 2. The summed E-state index contributed by atoms with van der Waals surface area (Å²) in [5, 5.41) is 40.0. The van der Waals surface area contributed by atoms with Gasteiger partial charge in [0.15, 0.2) is 29.6 Å². The number of phenols is 1. The summed E-state index contributed by atoms with van der Waals surface area (Å²) >= 11 is 0. The molecular formula is C41H49NO16. The van der Waals surface area contributed by atoms with Gasteiger partial charge in [0.1, 0.15) is 54.7 Å². The number of fused-ring (bicyclic) bond motifs is 6. The molecular weight excluding hydrogens is 762 g/mol. The van der Waals surface area contributed by atoms with Crippen molar-refractivity contribution in [1.29, 1.82) is 0 Å². The van der Waals surface area contributed by atoms with Gasteiger partial charge in [0, 0.05) is 48.4 Å². The fourth-order valence-corrected chi connectivity index (χ4v) is 7.61. The Kier molecular flexibility index (Phi) is 13.1. The van der Waals surface area contributed by atoms with Gasteiger partial charge in [-0.05, 0) is 54.7 Å². The Morgan fingerprint density at radius 2 is 1.78 bits per heavy atom. The topological polar surface area (TPSA) is 233 Å². The van der Waals surface area contributed by atoms with Crippen molar-refractivity contribution in [2.45, 2.75) is 82.3 Å². The van der Waals surface area contributed by atoms with Crippen LogP contribution in [0.5, 0.6) is 34.5 Å². The maximum atomic E-state index is 12.1. The van der Waals surface area contributed by atoms with Crippen LogP contribution in [0.1, 0.15) is 66.5 Å². The van der Waals surface area contributed by atoms with E-state index in [1.54, 1.807) is 36.4 Å². The number of esters is 1. The Balaban J connectivity index is 1.19. The summed E-state index contributed by atoms with van der Waals surface area (Å²) in [6.45, 7) is 4.14. The molecule has 314 valence electrons. The second kappa shape index (κ2) is 18.4. The number of aliphatic carboxylic acids is 1. The molecule has 0 saturated carbocycles. The fourth-order valence-electron chi connectivity index (χ4n) is 7.61. The van der Waals surface area contributed by atoms with E-state index in [1.165, 1.54) is 0 Å². The molecule has 3 aromatic rings. The molecule has 6 N–H and O–H groups in total. The van der Waals surface area contributed by atoms with Crippen LogP contribution in [0.15, 0.2) is 42.5 Å². The minimum absolute atomic E-state index is 0.000431. The molecule has 7 rings (SSSR count). The number of aliphatic hydroxyl groups is 2. The first-order valence-corrected chi connectivity index (χ1v) is 19.3. The van der Waals surface area contributed by atoms with E-state index in [0.717, 1.165) is 28.0 Å². The second-order valence-corrected chi connectivity index (χ2v) is 14.9. The summed E-state index contributed by atoms with van der Waals surface area (Å²) in [5.41, 5.74) is 9.94.